The van der Waals surface area contributed by atoms with E-state index in [1.807, 2.05) is 0 Å². The molecular formula is C11H11F3O2. The van der Waals surface area contributed by atoms with Crippen molar-refractivity contribution in [3.05, 3.63) is 34.9 Å². The minimum absolute atomic E-state index is 0.121. The Morgan fingerprint density at radius 3 is 2.69 bits per heavy atom. The summed E-state index contributed by atoms with van der Waals surface area (Å²) >= 11 is 0. The van der Waals surface area contributed by atoms with E-state index in [-0.39, 0.29) is 13.2 Å². The first-order valence-electron chi connectivity index (χ1n) is 4.91. The Bertz CT molecular complexity index is 387. The van der Waals surface area contributed by atoms with Gasteiger partial charge in [0.2, 0.25) is 0 Å². The molecule has 1 N–H and O–H groups in total. The zero-order valence-electron chi connectivity index (χ0n) is 8.42. The quantitative estimate of drug-likeness (QED) is 0.742. The van der Waals surface area contributed by atoms with Crippen LogP contribution in [0.15, 0.2) is 18.2 Å². The van der Waals surface area contributed by atoms with Gasteiger partial charge >= 0.3 is 6.18 Å². The SMILES string of the molecule is OC1COCc2cc(C(F)(F)F)ccc2C1. The fourth-order valence-electron chi connectivity index (χ4n) is 1.75. The van der Waals surface area contributed by atoms with Crippen molar-refractivity contribution >= 4 is 0 Å². The third kappa shape index (κ3) is 2.36. The number of aliphatic hydroxyl groups is 1. The van der Waals surface area contributed by atoms with Gasteiger partial charge in [0.05, 0.1) is 24.9 Å². The van der Waals surface area contributed by atoms with Crippen LogP contribution in [-0.2, 0) is 23.9 Å². The molecule has 1 aromatic rings. The summed E-state index contributed by atoms with van der Waals surface area (Å²) in [5.41, 5.74) is 0.551. The molecule has 2 nitrogen and oxygen atoms in total. The lowest BCUT2D eigenvalue weighted by Crippen LogP contribution is -2.14. The average Bonchev–Trinajstić information content (AvgIpc) is 2.35. The summed E-state index contributed by atoms with van der Waals surface area (Å²) in [6, 6.07) is 3.54. The number of halogens is 3. The summed E-state index contributed by atoms with van der Waals surface area (Å²) in [5, 5.41) is 9.42. The van der Waals surface area contributed by atoms with Crippen LogP contribution < -0.4 is 0 Å². The summed E-state index contributed by atoms with van der Waals surface area (Å²) < 4.78 is 42.4. The van der Waals surface area contributed by atoms with Gasteiger partial charge in [-0.1, -0.05) is 6.07 Å². The summed E-state index contributed by atoms with van der Waals surface area (Å²) in [7, 11) is 0. The van der Waals surface area contributed by atoms with Gasteiger partial charge < -0.3 is 9.84 Å². The van der Waals surface area contributed by atoms with Crippen LogP contribution in [0.1, 0.15) is 16.7 Å². The van der Waals surface area contributed by atoms with Crippen LogP contribution in [0.4, 0.5) is 13.2 Å². The number of alkyl halides is 3. The third-order valence-corrected chi connectivity index (χ3v) is 2.56. The summed E-state index contributed by atoms with van der Waals surface area (Å²) in [5.74, 6) is 0. The first-order chi connectivity index (χ1) is 7.47. The predicted molar refractivity (Wildman–Crippen MR) is 50.8 cm³/mol. The molecule has 0 aliphatic carbocycles. The Balaban J connectivity index is 2.35. The Labute approximate surface area is 90.7 Å². The van der Waals surface area contributed by atoms with Crippen molar-refractivity contribution in [3.63, 3.8) is 0 Å². The molecule has 1 aromatic carbocycles. The Morgan fingerprint density at radius 2 is 2.00 bits per heavy atom. The maximum atomic E-state index is 12.4. The van der Waals surface area contributed by atoms with Crippen LogP contribution in [0.2, 0.25) is 0 Å². The highest BCUT2D eigenvalue weighted by molar-refractivity contribution is 5.34. The van der Waals surface area contributed by atoms with Crippen LogP contribution in [0, 0.1) is 0 Å². The van der Waals surface area contributed by atoms with Gasteiger partial charge in [-0.05, 0) is 23.3 Å². The maximum Gasteiger partial charge on any atom is 0.416 e. The molecule has 1 heterocycles. The van der Waals surface area contributed by atoms with Crippen LogP contribution in [0.5, 0.6) is 0 Å². The smallest absolute Gasteiger partial charge is 0.390 e. The number of hydrogen-bond acceptors (Lipinski definition) is 2. The zero-order valence-corrected chi connectivity index (χ0v) is 8.42. The molecule has 2 rings (SSSR count). The fraction of sp³-hybridized carbons (Fsp3) is 0.455. The Hall–Kier alpha value is -1.07. The molecule has 1 unspecified atom stereocenters. The van der Waals surface area contributed by atoms with E-state index in [4.69, 9.17) is 4.74 Å². The van der Waals surface area contributed by atoms with Crippen molar-refractivity contribution in [2.24, 2.45) is 0 Å². The van der Waals surface area contributed by atoms with E-state index in [0.29, 0.717) is 12.0 Å². The maximum absolute atomic E-state index is 12.4. The molecule has 0 saturated carbocycles. The molecule has 1 aliphatic heterocycles. The average molecular weight is 232 g/mol. The molecule has 0 bridgehead atoms. The minimum Gasteiger partial charge on any atom is -0.390 e. The molecule has 1 aliphatic rings. The Morgan fingerprint density at radius 1 is 1.25 bits per heavy atom. The van der Waals surface area contributed by atoms with Crippen LogP contribution >= 0.6 is 0 Å². The molecular weight excluding hydrogens is 221 g/mol. The molecule has 16 heavy (non-hydrogen) atoms. The molecule has 0 saturated heterocycles. The second-order valence-electron chi connectivity index (χ2n) is 3.85. The minimum atomic E-state index is -4.33. The van der Waals surface area contributed by atoms with E-state index in [9.17, 15) is 18.3 Å². The van der Waals surface area contributed by atoms with Crippen molar-refractivity contribution < 1.29 is 23.0 Å². The molecule has 0 fully saturated rings. The lowest BCUT2D eigenvalue weighted by molar-refractivity contribution is -0.137. The van der Waals surface area contributed by atoms with Gasteiger partial charge in [-0.25, -0.2) is 0 Å². The Kier molecular flexibility index (Phi) is 2.90. The topological polar surface area (TPSA) is 29.5 Å². The van der Waals surface area contributed by atoms with Crippen LogP contribution in [0.3, 0.4) is 0 Å². The van der Waals surface area contributed by atoms with Crippen LogP contribution in [-0.4, -0.2) is 17.8 Å². The van der Waals surface area contributed by atoms with E-state index < -0.39 is 17.8 Å². The van der Waals surface area contributed by atoms with Crippen molar-refractivity contribution in [2.75, 3.05) is 6.61 Å². The van der Waals surface area contributed by atoms with Gasteiger partial charge in [0.1, 0.15) is 0 Å². The largest absolute Gasteiger partial charge is 0.416 e. The normalized spacial score (nSPS) is 21.4. The van der Waals surface area contributed by atoms with Crippen molar-refractivity contribution in [3.8, 4) is 0 Å². The van der Waals surface area contributed by atoms with Gasteiger partial charge in [0, 0.05) is 6.42 Å². The van der Waals surface area contributed by atoms with E-state index in [2.05, 4.69) is 0 Å². The molecule has 0 amide bonds. The van der Waals surface area contributed by atoms with Crippen LogP contribution in [0.25, 0.3) is 0 Å². The van der Waals surface area contributed by atoms with Gasteiger partial charge in [-0.15, -0.1) is 0 Å². The number of benzene rings is 1. The monoisotopic (exact) mass is 232 g/mol. The lowest BCUT2D eigenvalue weighted by atomic mass is 10.0. The first kappa shape index (κ1) is 11.4. The highest BCUT2D eigenvalue weighted by Crippen LogP contribution is 2.31. The number of ether oxygens (including phenoxy) is 1. The first-order valence-corrected chi connectivity index (χ1v) is 4.91. The van der Waals surface area contributed by atoms with E-state index in [1.54, 1.807) is 0 Å². The molecule has 1 atom stereocenters. The van der Waals surface area contributed by atoms with E-state index in [0.717, 1.165) is 17.7 Å². The second-order valence-corrected chi connectivity index (χ2v) is 3.85. The highest BCUT2D eigenvalue weighted by atomic mass is 19.4. The van der Waals surface area contributed by atoms with Crippen molar-refractivity contribution in [1.29, 1.82) is 0 Å². The molecule has 0 spiro atoms. The number of hydrogen-bond donors (Lipinski definition) is 1. The standard InChI is InChI=1S/C11H11F3O2/c12-11(13,14)9-2-1-7-4-10(15)6-16-5-8(7)3-9/h1-3,10,15H,4-6H2. The molecule has 88 valence electrons. The summed E-state index contributed by atoms with van der Waals surface area (Å²) in [4.78, 5) is 0. The summed E-state index contributed by atoms with van der Waals surface area (Å²) in [6.07, 6.45) is -4.63. The van der Waals surface area contributed by atoms with Gasteiger partial charge in [0.15, 0.2) is 0 Å². The third-order valence-electron chi connectivity index (χ3n) is 2.56. The molecule has 0 aromatic heterocycles. The van der Waals surface area contributed by atoms with Gasteiger partial charge in [-0.2, -0.15) is 13.2 Å². The molecule has 0 radical (unpaired) electrons. The highest BCUT2D eigenvalue weighted by Gasteiger charge is 2.31. The summed E-state index contributed by atoms with van der Waals surface area (Å²) in [6.45, 7) is 0.284. The van der Waals surface area contributed by atoms with Crippen molar-refractivity contribution in [2.45, 2.75) is 25.3 Å². The molecule has 5 heteroatoms. The predicted octanol–water partition coefficient (Wildman–Crippen LogP) is 2.14. The van der Waals surface area contributed by atoms with Gasteiger partial charge in [0.25, 0.3) is 0 Å². The second kappa shape index (κ2) is 4.07. The zero-order chi connectivity index (χ0) is 11.8. The van der Waals surface area contributed by atoms with Crippen molar-refractivity contribution in [1.82, 2.24) is 0 Å². The number of fused-ring (bicyclic) bond motifs is 1. The fourth-order valence-corrected chi connectivity index (χ4v) is 1.75. The van der Waals surface area contributed by atoms with E-state index in [1.165, 1.54) is 6.07 Å². The lowest BCUT2D eigenvalue weighted by Gasteiger charge is -2.11. The number of rotatable bonds is 0. The van der Waals surface area contributed by atoms with E-state index >= 15 is 0 Å². The number of aliphatic hydroxyl groups excluding tert-OH is 1. The van der Waals surface area contributed by atoms with Gasteiger partial charge in [-0.3, -0.25) is 0 Å².